The molecule has 0 saturated carbocycles. The molecule has 4 aliphatic rings. The molecular formula is C77H86Cl2N12O24. The van der Waals surface area contributed by atoms with Gasteiger partial charge in [0.15, 0.2) is 43.1 Å². The largest absolute Gasteiger partial charge is 0.463 e. The molecule has 4 aliphatic heterocycles. The van der Waals surface area contributed by atoms with Crippen LogP contribution in [0.2, 0.25) is 0 Å². The van der Waals surface area contributed by atoms with Crippen LogP contribution in [0.3, 0.4) is 0 Å². The molecule has 0 spiro atoms. The van der Waals surface area contributed by atoms with Crippen molar-refractivity contribution < 1.29 is 114 Å². The second-order valence-corrected chi connectivity index (χ2v) is 28.5. The van der Waals surface area contributed by atoms with Gasteiger partial charge in [-0.25, -0.2) is 33.2 Å². The van der Waals surface area contributed by atoms with E-state index < -0.39 is 175 Å². The summed E-state index contributed by atoms with van der Waals surface area (Å²) in [4.78, 5) is 106. The second-order valence-electron chi connectivity index (χ2n) is 27.8. The standard InChI is InChI=1S/C77H86Cl2N12O24/c1-9-88-30-56(82-84-88)39-102-74-44(3)63(110-70(96)50-22-14-10-15-23-50)66(113-73(99)53-28-20-13-21-29-53)60(108-74)36-91-33-57(83-87-91)40-103-75-45(4)64(111-71(97)51-24-16-11-17-25-51)65(112-72(98)52-26-18-12-19-27-52)59(107-75)35-90-32-55(81-86-90)38-100-37-54-31-89(85-80-54)34-58-43(2)69(106-49(8)95)77(42-78,114-58)115-76-68(105-48(7)94)67(104-47(6)93)62(79)61(109-76)41-101-46(5)92/h10-33,43-45,58-69,74-76H,9,34-42H2,1-8H3/t43-,44+,45+,58-,59-,60-,61-,62+,63-,64-,65-,66-,67+,68?,69+,74?,75?,76?,77?/m1/s1. The highest BCUT2D eigenvalue weighted by Crippen LogP contribution is 2.44. The van der Waals surface area contributed by atoms with Crippen LogP contribution >= 0.6 is 23.2 Å². The zero-order valence-corrected chi connectivity index (χ0v) is 65.3. The third kappa shape index (κ3) is 21.3. The predicted octanol–water partition coefficient (Wildman–Crippen LogP) is 6.52. The predicted molar refractivity (Wildman–Crippen MR) is 392 cm³/mol. The second kappa shape index (κ2) is 38.7. The van der Waals surface area contributed by atoms with Gasteiger partial charge in [-0.15, -0.1) is 43.6 Å². The van der Waals surface area contributed by atoms with Crippen molar-refractivity contribution in [2.45, 2.75) is 205 Å². The monoisotopic (exact) mass is 1630 g/mol. The van der Waals surface area contributed by atoms with Gasteiger partial charge in [-0.05, 0) is 55.5 Å². The minimum Gasteiger partial charge on any atom is -0.463 e. The van der Waals surface area contributed by atoms with Gasteiger partial charge in [-0.1, -0.05) is 114 Å². The molecule has 4 fully saturated rings. The Hall–Kier alpha value is -10.5. The first kappa shape index (κ1) is 83.9. The summed E-state index contributed by atoms with van der Waals surface area (Å²) in [7, 11) is 0. The third-order valence-corrected chi connectivity index (χ3v) is 20.1. The number of rotatable bonds is 33. The van der Waals surface area contributed by atoms with Crippen molar-refractivity contribution in [3.63, 3.8) is 0 Å². The minimum atomic E-state index is -2.02. The van der Waals surface area contributed by atoms with Crippen LogP contribution in [-0.4, -0.2) is 217 Å². The number of hydrogen-bond acceptors (Lipinski definition) is 32. The molecule has 0 bridgehead atoms. The van der Waals surface area contributed by atoms with E-state index in [2.05, 4.69) is 41.2 Å². The Balaban J connectivity index is 0.747. The third-order valence-electron chi connectivity index (χ3n) is 19.2. The van der Waals surface area contributed by atoms with Gasteiger partial charge >= 0.3 is 47.8 Å². The molecule has 8 heterocycles. The van der Waals surface area contributed by atoms with Crippen LogP contribution in [0, 0.1) is 17.8 Å². The first-order valence-electron chi connectivity index (χ1n) is 37.0. The fourth-order valence-corrected chi connectivity index (χ4v) is 14.2. The summed E-state index contributed by atoms with van der Waals surface area (Å²) in [5.41, 5.74) is 2.40. The van der Waals surface area contributed by atoms with Crippen LogP contribution < -0.4 is 0 Å². The molecule has 0 aliphatic carbocycles. The summed E-state index contributed by atoms with van der Waals surface area (Å²) in [6.45, 7) is 11.0. The number of hydrogen-bond donors (Lipinski definition) is 0. The smallest absolute Gasteiger partial charge is 0.338 e. The number of benzene rings is 4. The molecule has 4 aromatic carbocycles. The number of nitrogens with zero attached hydrogens (tertiary/aromatic N) is 12. The maximum absolute atomic E-state index is 14.2. The number of alkyl halides is 2. The van der Waals surface area contributed by atoms with Crippen LogP contribution in [0.4, 0.5) is 0 Å². The molecule has 4 aromatic heterocycles. The fraction of sp³-hybridized carbons (Fsp3) is 0.481. The Morgan fingerprint density at radius 3 is 1.17 bits per heavy atom. The van der Waals surface area contributed by atoms with E-state index in [1.54, 1.807) is 172 Å². The number of ether oxygens (including phenoxy) is 16. The van der Waals surface area contributed by atoms with Crippen LogP contribution in [-0.2, 0) is 148 Å². The number of aromatic nitrogens is 12. The van der Waals surface area contributed by atoms with Crippen molar-refractivity contribution in [1.82, 2.24) is 60.0 Å². The molecule has 115 heavy (non-hydrogen) atoms. The summed E-state index contributed by atoms with van der Waals surface area (Å²) >= 11 is 13.4. The molecule has 0 N–H and O–H groups in total. The quantitative estimate of drug-likeness (QED) is 0.0240. The van der Waals surface area contributed by atoms with Gasteiger partial charge < -0.3 is 75.8 Å². The van der Waals surface area contributed by atoms with E-state index in [9.17, 15) is 38.4 Å². The summed E-state index contributed by atoms with van der Waals surface area (Å²) < 4.78 is 105. The van der Waals surface area contributed by atoms with E-state index in [0.29, 0.717) is 23.6 Å². The Bertz CT molecular complexity index is 4600. The number of esters is 8. The van der Waals surface area contributed by atoms with Crippen molar-refractivity contribution in [3.8, 4) is 0 Å². The van der Waals surface area contributed by atoms with Crippen molar-refractivity contribution in [3.05, 3.63) is 191 Å². The molecule has 8 aromatic rings. The lowest BCUT2D eigenvalue weighted by atomic mass is 9.91. The molecular weight excluding hydrogens is 1550 g/mol. The normalized spacial score (nSPS) is 27.2. The summed E-state index contributed by atoms with van der Waals surface area (Å²) in [6, 6.07) is 33.2. The zero-order chi connectivity index (χ0) is 81.5. The Morgan fingerprint density at radius 1 is 0.417 bits per heavy atom. The van der Waals surface area contributed by atoms with Crippen molar-refractivity contribution in [2.24, 2.45) is 17.8 Å². The lowest BCUT2D eigenvalue weighted by Gasteiger charge is -2.45. The van der Waals surface area contributed by atoms with Crippen molar-refractivity contribution in [2.75, 3.05) is 12.5 Å². The highest BCUT2D eigenvalue weighted by atomic mass is 35.5. The molecule has 5 unspecified atom stereocenters. The van der Waals surface area contributed by atoms with Gasteiger partial charge in [0, 0.05) is 52.0 Å². The lowest BCUT2D eigenvalue weighted by molar-refractivity contribution is -0.359. The molecule has 36 nitrogen and oxygen atoms in total. The fourth-order valence-electron chi connectivity index (χ4n) is 13.6. The molecule has 0 radical (unpaired) electrons. The first-order chi connectivity index (χ1) is 55.4. The maximum atomic E-state index is 14.2. The molecule has 12 rings (SSSR count). The average Bonchev–Trinajstić information content (AvgIpc) is 1.62. The van der Waals surface area contributed by atoms with Crippen LogP contribution in [0.5, 0.6) is 0 Å². The highest BCUT2D eigenvalue weighted by Gasteiger charge is 2.61. The van der Waals surface area contributed by atoms with Gasteiger partial charge in [0.1, 0.15) is 65.3 Å². The van der Waals surface area contributed by atoms with Gasteiger partial charge in [0.2, 0.25) is 12.1 Å². The Kier molecular flexibility index (Phi) is 28.2. The van der Waals surface area contributed by atoms with Crippen LogP contribution in [0.15, 0.2) is 146 Å². The van der Waals surface area contributed by atoms with Gasteiger partial charge in [0.25, 0.3) is 0 Å². The van der Waals surface area contributed by atoms with E-state index in [0.717, 1.165) is 13.8 Å². The molecule has 38 heteroatoms. The first-order valence-corrected chi connectivity index (χ1v) is 38.0. The van der Waals surface area contributed by atoms with Crippen molar-refractivity contribution >= 4 is 71.0 Å². The highest BCUT2D eigenvalue weighted by molar-refractivity contribution is 6.21. The van der Waals surface area contributed by atoms with E-state index in [1.807, 2.05) is 6.92 Å². The lowest BCUT2D eigenvalue weighted by Crippen LogP contribution is -2.63. The zero-order valence-electron chi connectivity index (χ0n) is 63.7. The summed E-state index contributed by atoms with van der Waals surface area (Å²) in [5.74, 6) is -10.7. The van der Waals surface area contributed by atoms with Gasteiger partial charge in [-0.2, -0.15) is 0 Å². The van der Waals surface area contributed by atoms with Crippen LogP contribution in [0.1, 0.15) is 120 Å². The van der Waals surface area contributed by atoms with E-state index in [4.69, 9.17) is 99.0 Å². The summed E-state index contributed by atoms with van der Waals surface area (Å²) in [5, 5.41) is 33.3. The van der Waals surface area contributed by atoms with E-state index in [1.165, 1.54) is 27.9 Å². The van der Waals surface area contributed by atoms with E-state index in [-0.39, 0.29) is 74.0 Å². The minimum absolute atomic E-state index is 0.0175. The Labute approximate surface area is 668 Å². The number of carbonyl (C=O) groups is 8. The molecule has 612 valence electrons. The maximum Gasteiger partial charge on any atom is 0.338 e. The number of carbonyl (C=O) groups excluding carboxylic acids is 8. The number of halogens is 2. The van der Waals surface area contributed by atoms with Gasteiger partial charge in [-0.3, -0.25) is 23.9 Å². The molecule has 0 amide bonds. The van der Waals surface area contributed by atoms with E-state index >= 15 is 0 Å². The van der Waals surface area contributed by atoms with Crippen molar-refractivity contribution in [1.29, 1.82) is 0 Å². The average molecular weight is 1630 g/mol. The van der Waals surface area contributed by atoms with Gasteiger partial charge in [0.05, 0.1) is 105 Å². The Morgan fingerprint density at radius 2 is 0.783 bits per heavy atom. The number of aryl methyl sites for hydroxylation is 1. The SMILES string of the molecule is CCn1cc(COC2O[C@H](Cn3cc(COC4O[C@H](Cn5cc(COCc6cn(C[C@H]7OC(CCl)(OC8O[C@H](COC(C)=O)[C@H](Cl)[C@H](OC(C)=O)C8OC(C)=O)[C@@H](OC(C)=O)[C@@H]7C)nn6)nn5)[C@@H](OC(=O)c5ccccc5)[C@H](OC(=O)c5ccccc5)[C@@H]4C)nn3)[C@@H](OC(=O)c3ccccc3)[C@H](OC(=O)c3ccccc3)[C@@H]2C)nn1. The van der Waals surface area contributed by atoms with Crippen LogP contribution in [0.25, 0.3) is 0 Å². The molecule has 4 saturated heterocycles. The topological polar surface area (TPSA) is 407 Å². The molecule has 19 atom stereocenters. The summed E-state index contributed by atoms with van der Waals surface area (Å²) in [6.07, 6.45) is -10.9.